The summed E-state index contributed by atoms with van der Waals surface area (Å²) in [5.74, 6) is 0. The van der Waals surface area contributed by atoms with Crippen LogP contribution in [0.25, 0.3) is 99.1 Å². The molecule has 0 amide bonds. The van der Waals surface area contributed by atoms with Gasteiger partial charge in [0.15, 0.2) is 0 Å². The lowest BCUT2D eigenvalue weighted by Gasteiger charge is -2.11. The van der Waals surface area contributed by atoms with Crippen molar-refractivity contribution in [1.82, 2.24) is 9.13 Å². The van der Waals surface area contributed by atoms with Crippen LogP contribution >= 0.6 is 0 Å². The predicted octanol–water partition coefficient (Wildman–Crippen LogP) is 13.9. The summed E-state index contributed by atoms with van der Waals surface area (Å²) in [7, 11) is 0. The van der Waals surface area contributed by atoms with E-state index in [2.05, 4.69) is 203 Å². The van der Waals surface area contributed by atoms with Crippen LogP contribution in [0.1, 0.15) is 11.1 Å². The highest BCUT2D eigenvalue weighted by molar-refractivity contribution is 6.14. The lowest BCUT2D eigenvalue weighted by Crippen LogP contribution is -1.94. The first-order valence-corrected chi connectivity index (χ1v) is 19.1. The number of aromatic nitrogens is 2. The minimum Gasteiger partial charge on any atom is -0.309 e. The fraction of sp³-hybridized carbons (Fsp3) is 0.0189. The summed E-state index contributed by atoms with van der Waals surface area (Å²) in [5, 5.41) is 7.60. The molecule has 0 spiro atoms. The van der Waals surface area contributed by atoms with Crippen molar-refractivity contribution in [2.24, 2.45) is 0 Å². The van der Waals surface area contributed by atoms with Gasteiger partial charge in [0.2, 0.25) is 0 Å². The van der Waals surface area contributed by atoms with Gasteiger partial charge in [-0.2, -0.15) is 0 Å². The molecule has 0 atom stereocenters. The van der Waals surface area contributed by atoms with Gasteiger partial charge >= 0.3 is 0 Å². The maximum atomic E-state index is 2.47. The Morgan fingerprint density at radius 3 is 1.69 bits per heavy atom. The molecule has 12 rings (SSSR count). The largest absolute Gasteiger partial charge is 0.309 e. The monoisotopic (exact) mass is 698 g/mol. The van der Waals surface area contributed by atoms with Crippen molar-refractivity contribution in [3.8, 4) is 44.8 Å². The molecular weight excluding hydrogens is 665 g/mol. The Balaban J connectivity index is 1.04. The molecule has 0 saturated heterocycles. The van der Waals surface area contributed by atoms with Crippen molar-refractivity contribution in [1.29, 1.82) is 0 Å². The van der Waals surface area contributed by atoms with Gasteiger partial charge in [0.1, 0.15) is 0 Å². The minimum atomic E-state index is 0.972. The number of rotatable bonds is 4. The topological polar surface area (TPSA) is 9.86 Å². The van der Waals surface area contributed by atoms with Gasteiger partial charge in [-0.25, -0.2) is 0 Å². The summed E-state index contributed by atoms with van der Waals surface area (Å²) in [6, 6.07) is 71.7. The van der Waals surface area contributed by atoms with Crippen LogP contribution in [-0.2, 0) is 6.42 Å². The highest BCUT2D eigenvalue weighted by Gasteiger charge is 2.23. The molecule has 256 valence electrons. The molecule has 11 aromatic rings. The van der Waals surface area contributed by atoms with Gasteiger partial charge in [-0.15, -0.1) is 0 Å². The van der Waals surface area contributed by atoms with Gasteiger partial charge in [-0.05, 0) is 128 Å². The summed E-state index contributed by atoms with van der Waals surface area (Å²) in [4.78, 5) is 0. The lowest BCUT2D eigenvalue weighted by molar-refractivity contribution is 1.18. The third-order valence-electron chi connectivity index (χ3n) is 11.9. The average Bonchev–Trinajstić information content (AvgIpc) is 3.89. The van der Waals surface area contributed by atoms with E-state index in [-0.39, 0.29) is 0 Å². The molecule has 9 aromatic carbocycles. The number of hydrogen-bond acceptors (Lipinski definition) is 0. The highest BCUT2D eigenvalue weighted by atomic mass is 15.0. The second-order valence-electron chi connectivity index (χ2n) is 15.0. The summed E-state index contributed by atoms with van der Waals surface area (Å²) in [6.07, 6.45) is 0.972. The van der Waals surface area contributed by atoms with E-state index in [1.165, 1.54) is 105 Å². The minimum absolute atomic E-state index is 0.972. The Morgan fingerprint density at radius 2 is 0.873 bits per heavy atom. The SMILES string of the molecule is c1ccc(-c2ccc(-n3c4ccccc4c4cc(-c5ccc6c(c5)c5cc7c(cc5n6-c5ccc6ccccc6c5)-c5ccccc5C7)ccc43)cc2)cc1. The Kier molecular flexibility index (Phi) is 6.43. The Morgan fingerprint density at radius 1 is 0.291 bits per heavy atom. The molecule has 0 saturated carbocycles. The molecule has 1 aliphatic rings. The van der Waals surface area contributed by atoms with Crippen molar-refractivity contribution >= 4 is 54.4 Å². The van der Waals surface area contributed by atoms with Crippen LogP contribution in [0.4, 0.5) is 0 Å². The van der Waals surface area contributed by atoms with Gasteiger partial charge in [-0.1, -0.05) is 127 Å². The van der Waals surface area contributed by atoms with Gasteiger partial charge in [0.05, 0.1) is 22.1 Å². The fourth-order valence-electron chi connectivity index (χ4n) is 9.29. The first-order chi connectivity index (χ1) is 27.2. The molecule has 0 fully saturated rings. The Hall–Kier alpha value is -7.16. The summed E-state index contributed by atoms with van der Waals surface area (Å²) >= 11 is 0. The van der Waals surface area contributed by atoms with Gasteiger partial charge in [-0.3, -0.25) is 0 Å². The third-order valence-corrected chi connectivity index (χ3v) is 11.9. The van der Waals surface area contributed by atoms with Crippen molar-refractivity contribution < 1.29 is 0 Å². The van der Waals surface area contributed by atoms with E-state index < -0.39 is 0 Å². The normalized spacial score (nSPS) is 12.3. The van der Waals surface area contributed by atoms with Crippen molar-refractivity contribution in [2.75, 3.05) is 0 Å². The van der Waals surface area contributed by atoms with Crippen molar-refractivity contribution in [3.05, 3.63) is 205 Å². The number of fused-ring (bicyclic) bond motifs is 10. The fourth-order valence-corrected chi connectivity index (χ4v) is 9.29. The number of nitrogens with zero attached hydrogens (tertiary/aromatic N) is 2. The maximum Gasteiger partial charge on any atom is 0.0547 e. The second-order valence-corrected chi connectivity index (χ2v) is 15.0. The van der Waals surface area contributed by atoms with Crippen LogP contribution in [-0.4, -0.2) is 9.13 Å². The molecule has 0 radical (unpaired) electrons. The molecule has 55 heavy (non-hydrogen) atoms. The van der Waals surface area contributed by atoms with Crippen molar-refractivity contribution in [3.63, 3.8) is 0 Å². The third kappa shape index (κ3) is 4.62. The Bertz CT molecular complexity index is 3320. The molecular formula is C53H34N2. The van der Waals surface area contributed by atoms with Gasteiger partial charge in [0.25, 0.3) is 0 Å². The lowest BCUT2D eigenvalue weighted by atomic mass is 9.99. The van der Waals surface area contributed by atoms with Gasteiger partial charge < -0.3 is 9.13 Å². The summed E-state index contributed by atoms with van der Waals surface area (Å²) in [6.45, 7) is 0. The van der Waals surface area contributed by atoms with E-state index in [4.69, 9.17) is 0 Å². The van der Waals surface area contributed by atoms with Crippen LogP contribution in [0.15, 0.2) is 194 Å². The molecule has 0 bridgehead atoms. The van der Waals surface area contributed by atoms with E-state index in [0.717, 1.165) is 12.1 Å². The Labute approximate surface area is 318 Å². The quantitative estimate of drug-likeness (QED) is 0.173. The molecule has 2 aromatic heterocycles. The molecule has 0 aliphatic heterocycles. The van der Waals surface area contributed by atoms with Crippen LogP contribution in [0, 0.1) is 0 Å². The second kappa shape index (κ2) is 11.7. The molecule has 0 N–H and O–H groups in total. The summed E-state index contributed by atoms with van der Waals surface area (Å²) < 4.78 is 4.88. The smallest absolute Gasteiger partial charge is 0.0547 e. The van der Waals surface area contributed by atoms with Gasteiger partial charge in [0, 0.05) is 32.9 Å². The first kappa shape index (κ1) is 30.3. The zero-order valence-corrected chi connectivity index (χ0v) is 30.1. The summed E-state index contributed by atoms with van der Waals surface area (Å²) in [5.41, 5.74) is 17.7. The number of hydrogen-bond donors (Lipinski definition) is 0. The van der Waals surface area contributed by atoms with Crippen molar-refractivity contribution in [2.45, 2.75) is 6.42 Å². The molecule has 2 heteroatoms. The van der Waals surface area contributed by atoms with E-state index in [1.807, 2.05) is 0 Å². The first-order valence-electron chi connectivity index (χ1n) is 19.1. The highest BCUT2D eigenvalue weighted by Crippen LogP contribution is 2.44. The average molecular weight is 699 g/mol. The number of benzene rings is 9. The molecule has 2 nitrogen and oxygen atoms in total. The van der Waals surface area contributed by atoms with E-state index in [1.54, 1.807) is 0 Å². The van der Waals surface area contributed by atoms with E-state index in [0.29, 0.717) is 0 Å². The molecule has 1 aliphatic carbocycles. The van der Waals surface area contributed by atoms with Crippen LogP contribution < -0.4 is 0 Å². The van der Waals surface area contributed by atoms with Crippen LogP contribution in [0.3, 0.4) is 0 Å². The van der Waals surface area contributed by atoms with Crippen LogP contribution in [0.2, 0.25) is 0 Å². The molecule has 0 unspecified atom stereocenters. The van der Waals surface area contributed by atoms with Crippen LogP contribution in [0.5, 0.6) is 0 Å². The van der Waals surface area contributed by atoms with E-state index >= 15 is 0 Å². The zero-order valence-electron chi connectivity index (χ0n) is 30.1. The predicted molar refractivity (Wildman–Crippen MR) is 232 cm³/mol. The standard InChI is InChI=1S/C53H34N2/c1-2-10-34(11-3-1)36-18-23-42(24-19-36)54-50-17-9-8-16-45(50)47-30-38(21-26-51(47)54)39-22-27-52-48(31-39)49-32-41-28-40-14-6-7-15-44(40)46(41)33-53(49)55(52)43-25-20-35-12-4-5-13-37(35)29-43/h1-27,29-33H,28H2. The zero-order chi connectivity index (χ0) is 36.0. The van der Waals surface area contributed by atoms with E-state index in [9.17, 15) is 0 Å². The molecule has 2 heterocycles. The maximum absolute atomic E-state index is 2.47. The number of para-hydroxylation sites is 1.